The van der Waals surface area contributed by atoms with Crippen LogP contribution in [0.25, 0.3) is 32.9 Å². The normalized spacial score (nSPS) is 11.0. The lowest BCUT2D eigenvalue weighted by Crippen LogP contribution is -2.42. The second-order valence-corrected chi connectivity index (χ2v) is 10.9. The minimum Gasteiger partial charge on any atom is -0.607 e. The first-order valence-electron chi connectivity index (χ1n) is 12.4. The van der Waals surface area contributed by atoms with Crippen LogP contribution in [-0.4, -0.2) is 24.8 Å². The fraction of sp³-hybridized carbons (Fsp3) is 0.0625. The number of hydrogen-bond donors (Lipinski definition) is 0. The fourth-order valence-corrected chi connectivity index (χ4v) is 6.15. The molecule has 0 atom stereocenters. The maximum Gasteiger partial charge on any atom is 0.901 e. The average Bonchev–Trinajstić information content (AvgIpc) is 2.94. The van der Waals surface area contributed by atoms with E-state index in [0.29, 0.717) is 0 Å². The van der Waals surface area contributed by atoms with Gasteiger partial charge in [-0.05, 0) is 53.7 Å². The number of para-hydroxylation sites is 2. The fourth-order valence-electron chi connectivity index (χ4n) is 4.48. The molecule has 0 saturated heterocycles. The molecule has 0 aliphatic rings. The monoisotopic (exact) mass is 496 g/mol. The SMILES string of the molecule is Cc1ccc2cccc([O][Al]([O]c3cccc4ccc(C)nc34)[c]3ccc(-c4ccccc4)cc3)c2n1. The zero-order valence-electron chi connectivity index (χ0n) is 20.8. The van der Waals surface area contributed by atoms with E-state index in [4.69, 9.17) is 17.5 Å². The first-order valence-corrected chi connectivity index (χ1v) is 13.9. The molecule has 6 rings (SSSR count). The van der Waals surface area contributed by atoms with E-state index >= 15 is 0 Å². The van der Waals surface area contributed by atoms with Gasteiger partial charge in [0.25, 0.3) is 0 Å². The summed E-state index contributed by atoms with van der Waals surface area (Å²) in [5.41, 5.74) is 5.92. The van der Waals surface area contributed by atoms with Crippen molar-refractivity contribution in [2.24, 2.45) is 0 Å². The minimum absolute atomic E-state index is 0.731. The van der Waals surface area contributed by atoms with E-state index in [2.05, 4.69) is 72.8 Å². The van der Waals surface area contributed by atoms with Gasteiger partial charge in [0.2, 0.25) is 0 Å². The molecule has 178 valence electrons. The van der Waals surface area contributed by atoms with Crippen LogP contribution in [0.1, 0.15) is 11.4 Å². The second kappa shape index (κ2) is 10.1. The summed E-state index contributed by atoms with van der Waals surface area (Å²) < 4.78 is 14.5. The predicted octanol–water partition coefficient (Wildman–Crippen LogP) is 6.92. The van der Waals surface area contributed by atoms with Crippen LogP contribution in [0.2, 0.25) is 0 Å². The zero-order chi connectivity index (χ0) is 25.2. The lowest BCUT2D eigenvalue weighted by atomic mass is 10.1. The van der Waals surface area contributed by atoms with E-state index in [-0.39, 0.29) is 0 Å². The molecule has 0 saturated carbocycles. The third-order valence-electron chi connectivity index (χ3n) is 6.40. The Bertz CT molecular complexity index is 1620. The Morgan fingerprint density at radius 1 is 0.486 bits per heavy atom. The molecule has 0 radical (unpaired) electrons. The molecule has 0 spiro atoms. The minimum atomic E-state index is -2.49. The van der Waals surface area contributed by atoms with Crippen LogP contribution in [0.4, 0.5) is 0 Å². The molecular weight excluding hydrogens is 471 g/mol. The van der Waals surface area contributed by atoms with E-state index in [0.717, 1.165) is 54.7 Å². The molecule has 0 bridgehead atoms. The maximum atomic E-state index is 6.72. The van der Waals surface area contributed by atoms with Crippen molar-refractivity contribution in [2.45, 2.75) is 13.8 Å². The molecule has 2 heterocycles. The first-order chi connectivity index (χ1) is 18.1. The van der Waals surface area contributed by atoms with Gasteiger partial charge < -0.3 is 7.58 Å². The third kappa shape index (κ3) is 4.93. The molecule has 4 aromatic carbocycles. The van der Waals surface area contributed by atoms with Gasteiger partial charge in [-0.1, -0.05) is 91.0 Å². The van der Waals surface area contributed by atoms with Crippen LogP contribution >= 0.6 is 0 Å². The maximum absolute atomic E-state index is 6.72. The molecule has 2 aromatic heterocycles. The van der Waals surface area contributed by atoms with Crippen molar-refractivity contribution in [3.8, 4) is 22.6 Å². The van der Waals surface area contributed by atoms with Crippen LogP contribution in [-0.2, 0) is 0 Å². The number of hydrogen-bond acceptors (Lipinski definition) is 4. The largest absolute Gasteiger partial charge is 0.901 e. The van der Waals surface area contributed by atoms with Gasteiger partial charge in [0.1, 0.15) is 22.5 Å². The Labute approximate surface area is 221 Å². The number of fused-ring (bicyclic) bond motifs is 2. The molecular formula is C32H25AlN2O2. The summed E-state index contributed by atoms with van der Waals surface area (Å²) in [5.74, 6) is 1.46. The highest BCUT2D eigenvalue weighted by Gasteiger charge is 2.37. The zero-order valence-corrected chi connectivity index (χ0v) is 21.9. The van der Waals surface area contributed by atoms with Gasteiger partial charge in [-0.25, -0.2) is 9.97 Å². The van der Waals surface area contributed by atoms with Gasteiger partial charge in [-0.3, -0.25) is 0 Å². The topological polar surface area (TPSA) is 44.2 Å². The lowest BCUT2D eigenvalue weighted by Gasteiger charge is -2.19. The van der Waals surface area contributed by atoms with E-state index in [1.165, 1.54) is 5.56 Å². The standard InChI is InChI=1S/C12H9.2C10H9NO.Al/c1-3-7-11(8-4-1)12-9-5-2-6-10-12;2*1-7-5-6-8-3-2-4-9(12)10(8)11-7;/h1,3-10H;2*2-6,12H,1H3;/q;;;+2/p-2. The van der Waals surface area contributed by atoms with Gasteiger partial charge >= 0.3 is 14.8 Å². The highest BCUT2D eigenvalue weighted by atomic mass is 27.2. The van der Waals surface area contributed by atoms with Gasteiger partial charge in [0, 0.05) is 22.2 Å². The van der Waals surface area contributed by atoms with Crippen molar-refractivity contribution < 1.29 is 7.58 Å². The van der Waals surface area contributed by atoms with E-state index in [9.17, 15) is 0 Å². The summed E-state index contributed by atoms with van der Waals surface area (Å²) in [5, 5.41) is 2.08. The Hall–Kier alpha value is -4.17. The van der Waals surface area contributed by atoms with E-state index in [1.807, 2.05) is 56.3 Å². The van der Waals surface area contributed by atoms with Gasteiger partial charge in [0.05, 0.1) is 0 Å². The summed E-state index contributed by atoms with van der Waals surface area (Å²) in [6, 6.07) is 39.1. The molecule has 4 nitrogen and oxygen atoms in total. The predicted molar refractivity (Wildman–Crippen MR) is 151 cm³/mol. The van der Waals surface area contributed by atoms with Crippen molar-refractivity contribution in [2.75, 3.05) is 0 Å². The number of pyridine rings is 2. The first kappa shape index (κ1) is 23.2. The van der Waals surface area contributed by atoms with Crippen LogP contribution < -0.4 is 12.0 Å². The molecule has 5 heteroatoms. The number of aryl methyl sites for hydroxylation is 2. The van der Waals surface area contributed by atoms with Crippen LogP contribution in [0.3, 0.4) is 0 Å². The van der Waals surface area contributed by atoms with Crippen LogP contribution in [0.5, 0.6) is 11.5 Å². The Morgan fingerprint density at radius 2 is 1.00 bits per heavy atom. The van der Waals surface area contributed by atoms with Crippen molar-refractivity contribution in [3.05, 3.63) is 127 Å². The highest BCUT2D eigenvalue weighted by molar-refractivity contribution is 6.63. The second-order valence-electron chi connectivity index (χ2n) is 9.12. The van der Waals surface area contributed by atoms with E-state index < -0.39 is 14.8 Å². The summed E-state index contributed by atoms with van der Waals surface area (Å²) in [6.45, 7) is 3.99. The van der Waals surface area contributed by atoms with E-state index in [1.54, 1.807) is 0 Å². The molecule has 0 aliphatic carbocycles. The molecule has 0 amide bonds. The molecule has 0 aliphatic heterocycles. The third-order valence-corrected chi connectivity index (χ3v) is 8.27. The van der Waals surface area contributed by atoms with Gasteiger partial charge in [0.15, 0.2) is 0 Å². The summed E-state index contributed by atoms with van der Waals surface area (Å²) in [4.78, 5) is 9.55. The number of aromatic nitrogens is 2. The van der Waals surface area contributed by atoms with Gasteiger partial charge in [-0.2, -0.15) is 0 Å². The van der Waals surface area contributed by atoms with Gasteiger partial charge in [-0.15, -0.1) is 0 Å². The molecule has 37 heavy (non-hydrogen) atoms. The summed E-state index contributed by atoms with van der Waals surface area (Å²) in [7, 11) is 0. The Balaban J connectivity index is 1.42. The number of benzene rings is 4. The lowest BCUT2D eigenvalue weighted by molar-refractivity contribution is 0.443. The Kier molecular flexibility index (Phi) is 6.32. The quantitative estimate of drug-likeness (QED) is 0.235. The highest BCUT2D eigenvalue weighted by Crippen LogP contribution is 2.28. The average molecular weight is 497 g/mol. The van der Waals surface area contributed by atoms with Crippen molar-refractivity contribution >= 4 is 41.0 Å². The number of nitrogens with zero attached hydrogens (tertiary/aromatic N) is 2. The molecule has 0 unspecified atom stereocenters. The molecule has 0 fully saturated rings. The smallest absolute Gasteiger partial charge is 0.607 e. The van der Waals surface area contributed by atoms with Crippen molar-refractivity contribution in [1.29, 1.82) is 0 Å². The van der Waals surface area contributed by atoms with Crippen molar-refractivity contribution in [1.82, 2.24) is 9.97 Å². The molecule has 0 N–H and O–H groups in total. The van der Waals surface area contributed by atoms with Crippen LogP contribution in [0.15, 0.2) is 115 Å². The summed E-state index contributed by atoms with van der Waals surface area (Å²) in [6.07, 6.45) is 0. The van der Waals surface area contributed by atoms with Crippen LogP contribution in [0, 0.1) is 13.8 Å². The summed E-state index contributed by atoms with van der Waals surface area (Å²) >= 11 is -2.49. The number of rotatable bonds is 6. The van der Waals surface area contributed by atoms with Crippen molar-refractivity contribution in [3.63, 3.8) is 0 Å². The molecule has 6 aromatic rings. The Morgan fingerprint density at radius 3 is 1.54 bits per heavy atom.